The molecule has 0 unspecified atom stereocenters. The van der Waals surface area contributed by atoms with Crippen LogP contribution in [-0.4, -0.2) is 81.9 Å². The molecule has 0 bridgehead atoms. The lowest BCUT2D eigenvalue weighted by atomic mass is 10.1. The number of methoxy groups -OCH3 is 3. The Kier molecular flexibility index (Phi) is 7.61. The minimum absolute atomic E-state index is 0.0195. The summed E-state index contributed by atoms with van der Waals surface area (Å²) in [6.45, 7) is 3.46. The monoisotopic (exact) mass is 425 g/mol. The van der Waals surface area contributed by atoms with Gasteiger partial charge >= 0.3 is 5.97 Å². The van der Waals surface area contributed by atoms with Crippen molar-refractivity contribution in [1.82, 2.24) is 9.80 Å². The maximum absolute atomic E-state index is 12.8. The molecule has 0 saturated carbocycles. The first kappa shape index (κ1) is 22.3. The minimum atomic E-state index is -0.382. The number of piperazine rings is 1. The van der Waals surface area contributed by atoms with E-state index in [9.17, 15) is 9.59 Å². The zero-order chi connectivity index (χ0) is 22.2. The summed E-state index contributed by atoms with van der Waals surface area (Å²) in [6.07, 6.45) is 1.82. The van der Waals surface area contributed by atoms with Crippen LogP contribution in [0.3, 0.4) is 0 Å². The van der Waals surface area contributed by atoms with Crippen molar-refractivity contribution in [2.75, 3.05) is 54.1 Å². The molecule has 0 atom stereocenters. The van der Waals surface area contributed by atoms with Crippen molar-refractivity contribution in [2.24, 2.45) is 4.99 Å². The van der Waals surface area contributed by atoms with E-state index in [1.807, 2.05) is 17.2 Å². The van der Waals surface area contributed by atoms with Crippen molar-refractivity contribution in [3.63, 3.8) is 0 Å². The number of aliphatic imine (C=N–C) groups is 1. The third-order valence-electron chi connectivity index (χ3n) is 5.14. The van der Waals surface area contributed by atoms with Crippen LogP contribution in [0.25, 0.3) is 0 Å². The standard InChI is InChI=1S/C23H27N3O5/c1-29-20-8-7-17(16-21(20)30-2)22(27)26-13-11-25(12-14-26)10-9-24-19-6-4-5-18(15-19)23(28)31-3/h4-9,15-16H,10-14H2,1-3H3. The first-order chi connectivity index (χ1) is 15.0. The van der Waals surface area contributed by atoms with Gasteiger partial charge in [-0.3, -0.25) is 14.7 Å². The van der Waals surface area contributed by atoms with Gasteiger partial charge in [0.25, 0.3) is 5.91 Å². The van der Waals surface area contributed by atoms with Gasteiger partial charge in [-0.15, -0.1) is 0 Å². The van der Waals surface area contributed by atoms with Crippen LogP contribution in [0.2, 0.25) is 0 Å². The van der Waals surface area contributed by atoms with E-state index in [4.69, 9.17) is 14.2 Å². The van der Waals surface area contributed by atoms with Crippen LogP contribution in [0.15, 0.2) is 47.5 Å². The van der Waals surface area contributed by atoms with Gasteiger partial charge in [0.2, 0.25) is 0 Å². The van der Waals surface area contributed by atoms with Gasteiger partial charge in [-0.05, 0) is 36.4 Å². The number of rotatable bonds is 7. The molecule has 2 aromatic rings. The Morgan fingerprint density at radius 2 is 1.68 bits per heavy atom. The molecule has 3 rings (SSSR count). The number of hydrogen-bond donors (Lipinski definition) is 0. The molecule has 0 N–H and O–H groups in total. The van der Waals surface area contributed by atoms with Crippen LogP contribution in [0.1, 0.15) is 20.7 Å². The van der Waals surface area contributed by atoms with Crippen LogP contribution in [0.5, 0.6) is 11.5 Å². The van der Waals surface area contributed by atoms with Crippen molar-refractivity contribution in [1.29, 1.82) is 0 Å². The largest absolute Gasteiger partial charge is 0.493 e. The molecule has 0 aliphatic carbocycles. The summed E-state index contributed by atoms with van der Waals surface area (Å²) in [4.78, 5) is 33.0. The van der Waals surface area contributed by atoms with Crippen molar-refractivity contribution in [3.8, 4) is 11.5 Å². The number of benzene rings is 2. The van der Waals surface area contributed by atoms with Gasteiger partial charge in [0, 0.05) is 44.5 Å². The Labute approximate surface area is 182 Å². The second-order valence-corrected chi connectivity index (χ2v) is 7.02. The third kappa shape index (κ3) is 5.61. The summed E-state index contributed by atoms with van der Waals surface area (Å²) in [5.74, 6) is 0.737. The molecule has 0 radical (unpaired) electrons. The van der Waals surface area contributed by atoms with E-state index >= 15 is 0 Å². The van der Waals surface area contributed by atoms with E-state index < -0.39 is 0 Å². The Balaban J connectivity index is 1.52. The fraction of sp³-hybridized carbons (Fsp3) is 0.348. The highest BCUT2D eigenvalue weighted by Crippen LogP contribution is 2.28. The lowest BCUT2D eigenvalue weighted by Crippen LogP contribution is -2.49. The Morgan fingerprint density at radius 3 is 2.35 bits per heavy atom. The van der Waals surface area contributed by atoms with Gasteiger partial charge in [0.15, 0.2) is 11.5 Å². The summed E-state index contributed by atoms with van der Waals surface area (Å²) < 4.78 is 15.3. The summed E-state index contributed by atoms with van der Waals surface area (Å²) >= 11 is 0. The maximum atomic E-state index is 12.8. The van der Waals surface area contributed by atoms with Gasteiger partial charge in [-0.1, -0.05) is 6.07 Å². The SMILES string of the molecule is COC(=O)c1cccc(N=CCN2CCN(C(=O)c3ccc(OC)c(OC)c3)CC2)c1. The molecule has 1 aliphatic heterocycles. The number of amides is 1. The quantitative estimate of drug-likeness (QED) is 0.501. The molecule has 0 aromatic heterocycles. The molecule has 1 fully saturated rings. The van der Waals surface area contributed by atoms with E-state index in [0.29, 0.717) is 47.9 Å². The summed E-state index contributed by atoms with van der Waals surface area (Å²) in [5, 5.41) is 0. The number of esters is 1. The van der Waals surface area contributed by atoms with Gasteiger partial charge < -0.3 is 19.1 Å². The van der Waals surface area contributed by atoms with E-state index in [-0.39, 0.29) is 11.9 Å². The van der Waals surface area contributed by atoms with Crippen molar-refractivity contribution in [3.05, 3.63) is 53.6 Å². The fourth-order valence-electron chi connectivity index (χ4n) is 3.38. The zero-order valence-corrected chi connectivity index (χ0v) is 18.0. The Bertz CT molecular complexity index is 952. The topological polar surface area (TPSA) is 80.7 Å². The van der Waals surface area contributed by atoms with Gasteiger partial charge in [-0.25, -0.2) is 4.79 Å². The molecule has 164 valence electrons. The van der Waals surface area contributed by atoms with E-state index in [2.05, 4.69) is 9.89 Å². The number of hydrogen-bond acceptors (Lipinski definition) is 7. The summed E-state index contributed by atoms with van der Waals surface area (Å²) in [5.41, 5.74) is 1.75. The second-order valence-electron chi connectivity index (χ2n) is 7.02. The Morgan fingerprint density at radius 1 is 0.935 bits per heavy atom. The zero-order valence-electron chi connectivity index (χ0n) is 18.0. The molecule has 8 nitrogen and oxygen atoms in total. The predicted molar refractivity (Wildman–Crippen MR) is 118 cm³/mol. The number of nitrogens with zero attached hydrogens (tertiary/aromatic N) is 3. The highest BCUT2D eigenvalue weighted by Gasteiger charge is 2.22. The second kappa shape index (κ2) is 10.6. The van der Waals surface area contributed by atoms with E-state index in [1.54, 1.807) is 50.6 Å². The fourth-order valence-corrected chi connectivity index (χ4v) is 3.38. The lowest BCUT2D eigenvalue weighted by molar-refractivity contribution is 0.0599. The maximum Gasteiger partial charge on any atom is 0.337 e. The Hall–Kier alpha value is -3.39. The molecule has 31 heavy (non-hydrogen) atoms. The predicted octanol–water partition coefficient (Wildman–Crippen LogP) is 2.65. The molecule has 0 spiro atoms. The summed E-state index contributed by atoms with van der Waals surface area (Å²) in [7, 11) is 4.48. The molecule has 2 aromatic carbocycles. The molecular formula is C23H27N3O5. The number of ether oxygens (including phenoxy) is 3. The van der Waals surface area contributed by atoms with Crippen molar-refractivity contribution in [2.45, 2.75) is 0 Å². The van der Waals surface area contributed by atoms with Crippen LogP contribution in [0, 0.1) is 0 Å². The van der Waals surface area contributed by atoms with Crippen molar-refractivity contribution >= 4 is 23.8 Å². The van der Waals surface area contributed by atoms with Crippen LogP contribution in [0.4, 0.5) is 5.69 Å². The highest BCUT2D eigenvalue weighted by molar-refractivity contribution is 5.95. The highest BCUT2D eigenvalue weighted by atomic mass is 16.5. The lowest BCUT2D eigenvalue weighted by Gasteiger charge is -2.34. The molecule has 1 amide bonds. The van der Waals surface area contributed by atoms with Crippen LogP contribution >= 0.6 is 0 Å². The van der Waals surface area contributed by atoms with Gasteiger partial charge in [-0.2, -0.15) is 0 Å². The average molecular weight is 425 g/mol. The molecule has 1 aliphatic rings. The molecule has 8 heteroatoms. The van der Waals surface area contributed by atoms with Gasteiger partial charge in [0.05, 0.1) is 32.6 Å². The van der Waals surface area contributed by atoms with Crippen LogP contribution in [-0.2, 0) is 4.74 Å². The first-order valence-corrected chi connectivity index (χ1v) is 10.00. The first-order valence-electron chi connectivity index (χ1n) is 10.00. The van der Waals surface area contributed by atoms with Crippen molar-refractivity contribution < 1.29 is 23.8 Å². The number of carbonyl (C=O) groups is 2. The molecular weight excluding hydrogens is 398 g/mol. The summed E-state index contributed by atoms with van der Waals surface area (Å²) in [6, 6.07) is 12.2. The van der Waals surface area contributed by atoms with E-state index in [0.717, 1.165) is 13.1 Å². The number of carbonyl (C=O) groups excluding carboxylic acids is 2. The van der Waals surface area contributed by atoms with Crippen LogP contribution < -0.4 is 9.47 Å². The molecule has 1 saturated heterocycles. The normalized spacial score (nSPS) is 14.5. The van der Waals surface area contributed by atoms with Gasteiger partial charge in [0.1, 0.15) is 0 Å². The minimum Gasteiger partial charge on any atom is -0.493 e. The molecule has 1 heterocycles. The third-order valence-corrected chi connectivity index (χ3v) is 5.14. The smallest absolute Gasteiger partial charge is 0.337 e. The van der Waals surface area contributed by atoms with E-state index in [1.165, 1.54) is 7.11 Å². The average Bonchev–Trinajstić information content (AvgIpc) is 2.83.